The Labute approximate surface area is 145 Å². The third-order valence-corrected chi connectivity index (χ3v) is 5.46. The molecule has 2 fully saturated rings. The molecule has 1 saturated carbocycles. The van der Waals surface area contributed by atoms with Crippen LogP contribution < -0.4 is 10.6 Å². The minimum atomic E-state index is -0.263. The zero-order chi connectivity index (χ0) is 16.5. The average molecular weight is 346 g/mol. The highest BCUT2D eigenvalue weighted by molar-refractivity contribution is 7.14. The highest BCUT2D eigenvalue weighted by Gasteiger charge is 2.26. The Hall–Kier alpha value is -1.93. The number of aromatic nitrogens is 3. The number of urea groups is 1. The normalized spacial score (nSPS) is 19.4. The number of nitrogens with zero attached hydrogens (tertiary/aromatic N) is 4. The second kappa shape index (κ2) is 6.52. The fraction of sp³-hybridized carbons (Fsp3) is 0.562. The van der Waals surface area contributed by atoms with Crippen molar-refractivity contribution in [1.82, 2.24) is 19.7 Å². The van der Waals surface area contributed by atoms with Crippen molar-refractivity contribution in [2.45, 2.75) is 37.6 Å². The van der Waals surface area contributed by atoms with Gasteiger partial charge in [0.05, 0.1) is 17.9 Å². The molecule has 3 heterocycles. The Morgan fingerprint density at radius 2 is 2.04 bits per heavy atom. The van der Waals surface area contributed by atoms with Crippen LogP contribution in [0.2, 0.25) is 0 Å². The van der Waals surface area contributed by atoms with E-state index in [0.29, 0.717) is 17.1 Å². The Bertz CT molecular complexity index is 714. The van der Waals surface area contributed by atoms with E-state index >= 15 is 0 Å². The molecule has 2 aromatic heterocycles. The quantitative estimate of drug-likeness (QED) is 0.892. The molecule has 2 aromatic rings. The van der Waals surface area contributed by atoms with E-state index < -0.39 is 0 Å². The number of thiazole rings is 1. The molecule has 2 N–H and O–H groups in total. The van der Waals surface area contributed by atoms with Crippen LogP contribution in [0.15, 0.2) is 17.6 Å². The smallest absolute Gasteiger partial charge is 0.306 e. The summed E-state index contributed by atoms with van der Waals surface area (Å²) >= 11 is 1.48. The van der Waals surface area contributed by atoms with E-state index in [2.05, 4.69) is 32.7 Å². The molecule has 1 saturated heterocycles. The number of carbonyl (C=O) groups is 1. The maximum absolute atomic E-state index is 12.3. The fourth-order valence-corrected chi connectivity index (χ4v) is 3.89. The molecular formula is C16H22N6OS. The van der Waals surface area contributed by atoms with Crippen molar-refractivity contribution in [3.63, 3.8) is 0 Å². The van der Waals surface area contributed by atoms with E-state index in [-0.39, 0.29) is 6.03 Å². The molecular weight excluding hydrogens is 324 g/mol. The van der Waals surface area contributed by atoms with Gasteiger partial charge >= 0.3 is 6.03 Å². The molecule has 0 spiro atoms. The van der Waals surface area contributed by atoms with Crippen LogP contribution in [0.1, 0.15) is 43.3 Å². The number of rotatable bonds is 4. The first kappa shape index (κ1) is 15.6. The zero-order valence-electron chi connectivity index (χ0n) is 13.7. The molecule has 0 bridgehead atoms. The van der Waals surface area contributed by atoms with Crippen molar-refractivity contribution >= 4 is 28.3 Å². The van der Waals surface area contributed by atoms with Crippen LogP contribution in [0, 0.1) is 0 Å². The number of amides is 2. The van der Waals surface area contributed by atoms with Gasteiger partial charge in [-0.1, -0.05) is 0 Å². The first-order valence-corrected chi connectivity index (χ1v) is 9.32. The molecule has 1 aliphatic heterocycles. The van der Waals surface area contributed by atoms with E-state index in [9.17, 15) is 4.79 Å². The molecule has 24 heavy (non-hydrogen) atoms. The predicted octanol–water partition coefficient (Wildman–Crippen LogP) is 3.13. The summed E-state index contributed by atoms with van der Waals surface area (Å²) in [5.41, 5.74) is 1.10. The van der Waals surface area contributed by atoms with Gasteiger partial charge in [-0.25, -0.2) is 14.5 Å². The minimum absolute atomic E-state index is 0.263. The number of carbonyl (C=O) groups excluding carboxylic acids is 1. The van der Waals surface area contributed by atoms with Crippen molar-refractivity contribution in [2.24, 2.45) is 0 Å². The summed E-state index contributed by atoms with van der Waals surface area (Å²) in [5.74, 6) is 1.34. The first-order chi connectivity index (χ1) is 11.7. The van der Waals surface area contributed by atoms with E-state index in [1.54, 1.807) is 6.20 Å². The van der Waals surface area contributed by atoms with Gasteiger partial charge < -0.3 is 4.90 Å². The lowest BCUT2D eigenvalue weighted by Crippen LogP contribution is -2.32. The Morgan fingerprint density at radius 3 is 2.79 bits per heavy atom. The Balaban J connectivity index is 1.37. The van der Waals surface area contributed by atoms with Gasteiger partial charge in [0.1, 0.15) is 5.82 Å². The van der Waals surface area contributed by atoms with Crippen molar-refractivity contribution in [2.75, 3.05) is 30.8 Å². The van der Waals surface area contributed by atoms with Crippen LogP contribution in [0.25, 0.3) is 0 Å². The second-order valence-electron chi connectivity index (χ2n) is 6.63. The highest BCUT2D eigenvalue weighted by Crippen LogP contribution is 2.40. The van der Waals surface area contributed by atoms with Crippen LogP contribution in [-0.2, 0) is 0 Å². The fourth-order valence-electron chi connectivity index (χ4n) is 3.10. The highest BCUT2D eigenvalue weighted by atomic mass is 32.1. The number of likely N-dealkylation sites (tertiary alicyclic amines) is 1. The van der Waals surface area contributed by atoms with E-state index in [1.807, 2.05) is 16.1 Å². The summed E-state index contributed by atoms with van der Waals surface area (Å²) in [6.07, 6.45) is 6.26. The Morgan fingerprint density at radius 1 is 1.25 bits per heavy atom. The van der Waals surface area contributed by atoms with Crippen molar-refractivity contribution in [3.8, 4) is 0 Å². The number of hydrogen-bond donors (Lipinski definition) is 2. The topological polar surface area (TPSA) is 75.1 Å². The van der Waals surface area contributed by atoms with E-state index in [1.165, 1.54) is 24.2 Å². The first-order valence-electron chi connectivity index (χ1n) is 8.44. The lowest BCUT2D eigenvalue weighted by atomic mass is 10.1. The Kier molecular flexibility index (Phi) is 4.24. The summed E-state index contributed by atoms with van der Waals surface area (Å²) in [6, 6.07) is 1.92. The van der Waals surface area contributed by atoms with Crippen molar-refractivity contribution < 1.29 is 4.79 Å². The summed E-state index contributed by atoms with van der Waals surface area (Å²) < 4.78 is 1.93. The zero-order valence-corrected chi connectivity index (χ0v) is 14.6. The van der Waals surface area contributed by atoms with Gasteiger partial charge in [-0.3, -0.25) is 10.6 Å². The lowest BCUT2D eigenvalue weighted by molar-refractivity contribution is 0.213. The van der Waals surface area contributed by atoms with Crippen LogP contribution >= 0.6 is 11.3 Å². The van der Waals surface area contributed by atoms with Gasteiger partial charge in [-0.05, 0) is 45.8 Å². The molecule has 8 heteroatoms. The molecule has 0 aromatic carbocycles. The molecule has 0 radical (unpaired) electrons. The molecule has 0 unspecified atom stereocenters. The van der Waals surface area contributed by atoms with Crippen LogP contribution in [-0.4, -0.2) is 45.8 Å². The minimum Gasteiger partial charge on any atom is -0.306 e. The lowest BCUT2D eigenvalue weighted by Gasteiger charge is -2.29. The molecule has 4 rings (SSSR count). The number of hydrogen-bond acceptors (Lipinski definition) is 5. The van der Waals surface area contributed by atoms with Gasteiger partial charge in [0, 0.05) is 17.4 Å². The molecule has 0 atom stereocenters. The van der Waals surface area contributed by atoms with Crippen LogP contribution in [0.4, 0.5) is 15.7 Å². The summed E-state index contributed by atoms with van der Waals surface area (Å²) in [5, 5.41) is 12.8. The predicted molar refractivity (Wildman–Crippen MR) is 94.7 cm³/mol. The van der Waals surface area contributed by atoms with E-state index in [4.69, 9.17) is 0 Å². The third-order valence-electron chi connectivity index (χ3n) is 4.68. The largest absolute Gasteiger partial charge is 0.326 e. The van der Waals surface area contributed by atoms with Crippen molar-refractivity contribution in [3.05, 3.63) is 23.3 Å². The molecule has 1 aliphatic carbocycles. The number of nitrogens with one attached hydrogen (secondary N) is 2. The number of anilines is 2. The SMILES string of the molecule is CN1CCC(n2nccc2NC(=O)Nc2nc(C3CC3)cs2)CC1. The van der Waals surface area contributed by atoms with Crippen molar-refractivity contribution in [1.29, 1.82) is 0 Å². The third kappa shape index (κ3) is 3.44. The standard InChI is InChI=1S/C16H22N6OS/c1-21-8-5-12(6-9-21)22-14(4-7-17-22)19-15(23)20-16-18-13(10-24-16)11-2-3-11/h4,7,10-12H,2-3,5-6,8-9H2,1H3,(H2,18,19,20,23). The monoisotopic (exact) mass is 346 g/mol. The maximum Gasteiger partial charge on any atom is 0.326 e. The molecule has 2 aliphatic rings. The summed E-state index contributed by atoms with van der Waals surface area (Å²) in [7, 11) is 2.13. The number of piperidine rings is 1. The van der Waals surface area contributed by atoms with Crippen LogP contribution in [0.5, 0.6) is 0 Å². The van der Waals surface area contributed by atoms with E-state index in [0.717, 1.165) is 37.4 Å². The van der Waals surface area contributed by atoms with Gasteiger partial charge in [0.2, 0.25) is 0 Å². The van der Waals surface area contributed by atoms with Crippen LogP contribution in [0.3, 0.4) is 0 Å². The van der Waals surface area contributed by atoms with Gasteiger partial charge in [0.25, 0.3) is 0 Å². The molecule has 128 valence electrons. The maximum atomic E-state index is 12.3. The molecule has 2 amide bonds. The average Bonchev–Trinajstić information content (AvgIpc) is 3.15. The summed E-state index contributed by atoms with van der Waals surface area (Å²) in [6.45, 7) is 2.11. The van der Waals surface area contributed by atoms with Gasteiger partial charge in [0.15, 0.2) is 5.13 Å². The second-order valence-corrected chi connectivity index (χ2v) is 7.48. The van der Waals surface area contributed by atoms with Gasteiger partial charge in [-0.2, -0.15) is 5.10 Å². The summed E-state index contributed by atoms with van der Waals surface area (Å²) in [4.78, 5) is 19.1. The van der Waals surface area contributed by atoms with Gasteiger partial charge in [-0.15, -0.1) is 11.3 Å². The molecule has 7 nitrogen and oxygen atoms in total.